The number of rotatable bonds is 2. The molecule has 0 aromatic heterocycles. The van der Waals surface area contributed by atoms with E-state index in [1.165, 1.54) is 4.90 Å². The van der Waals surface area contributed by atoms with Gasteiger partial charge in [0.05, 0.1) is 23.9 Å². The van der Waals surface area contributed by atoms with Gasteiger partial charge in [-0.15, -0.1) is 0 Å². The summed E-state index contributed by atoms with van der Waals surface area (Å²) in [6.45, 7) is 1.93. The summed E-state index contributed by atoms with van der Waals surface area (Å²) in [6, 6.07) is 5.19. The van der Waals surface area contributed by atoms with E-state index in [4.69, 9.17) is 21.1 Å². The SMILES string of the molecule is O=C1COCCN1c1ccc(N2CCOC2=O)c(Cl)c1. The molecule has 7 heteroatoms. The van der Waals surface area contributed by atoms with Crippen LogP contribution in [0.15, 0.2) is 18.2 Å². The van der Waals surface area contributed by atoms with Crippen LogP contribution in [-0.4, -0.2) is 44.9 Å². The maximum atomic E-state index is 11.8. The van der Waals surface area contributed by atoms with Crippen molar-refractivity contribution in [2.24, 2.45) is 0 Å². The lowest BCUT2D eigenvalue weighted by Crippen LogP contribution is -2.41. The molecule has 0 spiro atoms. The molecule has 20 heavy (non-hydrogen) atoms. The van der Waals surface area contributed by atoms with Crippen molar-refractivity contribution in [2.75, 3.05) is 42.7 Å². The highest BCUT2D eigenvalue weighted by Gasteiger charge is 2.26. The molecule has 6 nitrogen and oxygen atoms in total. The molecule has 0 aliphatic carbocycles. The Hall–Kier alpha value is -1.79. The number of halogens is 1. The number of hydrogen-bond acceptors (Lipinski definition) is 4. The Morgan fingerprint density at radius 1 is 1.10 bits per heavy atom. The molecule has 2 amide bonds. The summed E-state index contributed by atoms with van der Waals surface area (Å²) in [5.41, 5.74) is 1.30. The van der Waals surface area contributed by atoms with Crippen LogP contribution in [0.2, 0.25) is 5.02 Å². The van der Waals surface area contributed by atoms with Crippen molar-refractivity contribution in [3.05, 3.63) is 23.2 Å². The molecular weight excluding hydrogens is 284 g/mol. The zero-order valence-corrected chi connectivity index (χ0v) is 11.4. The number of amides is 2. The van der Waals surface area contributed by atoms with Crippen LogP contribution in [0, 0.1) is 0 Å². The largest absolute Gasteiger partial charge is 0.447 e. The maximum Gasteiger partial charge on any atom is 0.414 e. The van der Waals surface area contributed by atoms with Gasteiger partial charge in [0.1, 0.15) is 13.2 Å². The van der Waals surface area contributed by atoms with Crippen LogP contribution >= 0.6 is 11.6 Å². The highest BCUT2D eigenvalue weighted by Crippen LogP contribution is 2.32. The molecule has 0 radical (unpaired) electrons. The Balaban J connectivity index is 1.87. The predicted molar refractivity (Wildman–Crippen MR) is 73.3 cm³/mol. The number of hydrogen-bond donors (Lipinski definition) is 0. The second kappa shape index (κ2) is 5.30. The second-order valence-corrected chi connectivity index (χ2v) is 4.91. The summed E-state index contributed by atoms with van der Waals surface area (Å²) < 4.78 is 9.97. The number of ether oxygens (including phenoxy) is 2. The van der Waals surface area contributed by atoms with Gasteiger partial charge in [-0.3, -0.25) is 9.69 Å². The normalized spacial score (nSPS) is 19.4. The Bertz CT molecular complexity index is 563. The molecule has 0 bridgehead atoms. The van der Waals surface area contributed by atoms with Crippen molar-refractivity contribution >= 4 is 35.0 Å². The molecule has 1 aromatic rings. The summed E-state index contributed by atoms with van der Waals surface area (Å²) in [5.74, 6) is -0.0966. The summed E-state index contributed by atoms with van der Waals surface area (Å²) in [6.07, 6.45) is -0.401. The van der Waals surface area contributed by atoms with Gasteiger partial charge in [-0.25, -0.2) is 4.79 Å². The summed E-state index contributed by atoms with van der Waals surface area (Å²) in [7, 11) is 0. The first-order valence-corrected chi connectivity index (χ1v) is 6.66. The molecule has 3 rings (SSSR count). The minimum Gasteiger partial charge on any atom is -0.447 e. The number of nitrogens with zero attached hydrogens (tertiary/aromatic N) is 2. The van der Waals surface area contributed by atoms with Crippen LogP contribution in [0.5, 0.6) is 0 Å². The van der Waals surface area contributed by atoms with Gasteiger partial charge in [-0.1, -0.05) is 11.6 Å². The van der Waals surface area contributed by atoms with Gasteiger partial charge in [0.25, 0.3) is 5.91 Å². The number of benzene rings is 1. The maximum absolute atomic E-state index is 11.8. The van der Waals surface area contributed by atoms with Crippen LogP contribution < -0.4 is 9.80 Å². The van der Waals surface area contributed by atoms with E-state index in [1.807, 2.05) is 0 Å². The number of anilines is 2. The van der Waals surface area contributed by atoms with E-state index in [9.17, 15) is 9.59 Å². The second-order valence-electron chi connectivity index (χ2n) is 4.50. The summed E-state index contributed by atoms with van der Waals surface area (Å²) >= 11 is 6.22. The number of morpholine rings is 1. The summed E-state index contributed by atoms with van der Waals surface area (Å²) in [5, 5.41) is 0.417. The molecule has 0 saturated carbocycles. The average molecular weight is 297 g/mol. The van der Waals surface area contributed by atoms with Crippen LogP contribution in [0.25, 0.3) is 0 Å². The first-order chi connectivity index (χ1) is 9.66. The lowest BCUT2D eigenvalue weighted by Gasteiger charge is -2.27. The zero-order valence-electron chi connectivity index (χ0n) is 10.7. The fourth-order valence-electron chi connectivity index (χ4n) is 2.29. The predicted octanol–water partition coefficient (Wildman–Crippen LogP) is 1.66. The van der Waals surface area contributed by atoms with Crippen molar-refractivity contribution in [3.8, 4) is 0 Å². The fourth-order valence-corrected chi connectivity index (χ4v) is 2.56. The molecule has 0 unspecified atom stereocenters. The smallest absolute Gasteiger partial charge is 0.414 e. The molecule has 2 saturated heterocycles. The Labute approximate surface area is 120 Å². The molecule has 2 heterocycles. The topological polar surface area (TPSA) is 59.1 Å². The molecule has 2 aliphatic rings. The van der Waals surface area contributed by atoms with E-state index in [1.54, 1.807) is 23.1 Å². The average Bonchev–Trinajstić information content (AvgIpc) is 2.85. The number of carbonyl (C=O) groups is 2. The quantitative estimate of drug-likeness (QED) is 0.833. The van der Waals surface area contributed by atoms with E-state index in [-0.39, 0.29) is 12.5 Å². The van der Waals surface area contributed by atoms with Gasteiger partial charge >= 0.3 is 6.09 Å². The van der Waals surface area contributed by atoms with E-state index in [2.05, 4.69) is 0 Å². The van der Waals surface area contributed by atoms with E-state index in [0.29, 0.717) is 42.7 Å². The highest BCUT2D eigenvalue weighted by molar-refractivity contribution is 6.34. The van der Waals surface area contributed by atoms with Crippen molar-refractivity contribution in [1.29, 1.82) is 0 Å². The lowest BCUT2D eigenvalue weighted by atomic mass is 10.2. The van der Waals surface area contributed by atoms with E-state index >= 15 is 0 Å². The summed E-state index contributed by atoms with van der Waals surface area (Å²) in [4.78, 5) is 26.4. The van der Waals surface area contributed by atoms with Crippen LogP contribution in [0.1, 0.15) is 0 Å². The van der Waals surface area contributed by atoms with Crippen molar-refractivity contribution < 1.29 is 19.1 Å². The van der Waals surface area contributed by atoms with Crippen molar-refractivity contribution in [3.63, 3.8) is 0 Å². The highest BCUT2D eigenvalue weighted by atomic mass is 35.5. The molecule has 2 aliphatic heterocycles. The zero-order chi connectivity index (χ0) is 14.1. The molecule has 0 atom stereocenters. The van der Waals surface area contributed by atoms with Crippen molar-refractivity contribution in [1.82, 2.24) is 0 Å². The van der Waals surface area contributed by atoms with Gasteiger partial charge in [-0.05, 0) is 18.2 Å². The van der Waals surface area contributed by atoms with Gasteiger partial charge in [0.2, 0.25) is 0 Å². The third-order valence-corrected chi connectivity index (χ3v) is 3.58. The minimum absolute atomic E-state index is 0.0812. The van der Waals surface area contributed by atoms with Gasteiger partial charge in [0.15, 0.2) is 0 Å². The third-order valence-electron chi connectivity index (χ3n) is 3.28. The molecule has 2 fully saturated rings. The standard InChI is InChI=1S/C13H13ClN2O4/c14-10-7-9(15-3-5-19-8-12(15)17)1-2-11(10)16-4-6-20-13(16)18/h1-2,7H,3-6,8H2. The molecule has 1 aromatic carbocycles. The first kappa shape index (κ1) is 13.2. The van der Waals surface area contributed by atoms with Crippen molar-refractivity contribution in [2.45, 2.75) is 0 Å². The van der Waals surface area contributed by atoms with Crippen LogP contribution in [0.3, 0.4) is 0 Å². The minimum atomic E-state index is -0.401. The monoisotopic (exact) mass is 296 g/mol. The Morgan fingerprint density at radius 2 is 1.90 bits per heavy atom. The Morgan fingerprint density at radius 3 is 2.55 bits per heavy atom. The third kappa shape index (κ3) is 2.32. The fraction of sp³-hybridized carbons (Fsp3) is 0.385. The van der Waals surface area contributed by atoms with Crippen LogP contribution in [-0.2, 0) is 14.3 Å². The molecular formula is C13H13ClN2O4. The van der Waals surface area contributed by atoms with E-state index < -0.39 is 6.09 Å². The molecule has 0 N–H and O–H groups in total. The number of carbonyl (C=O) groups excluding carboxylic acids is 2. The number of cyclic esters (lactones) is 1. The molecule has 106 valence electrons. The van der Waals surface area contributed by atoms with Gasteiger partial charge in [-0.2, -0.15) is 0 Å². The Kier molecular flexibility index (Phi) is 3.50. The van der Waals surface area contributed by atoms with Gasteiger partial charge < -0.3 is 14.4 Å². The first-order valence-electron chi connectivity index (χ1n) is 6.29. The van der Waals surface area contributed by atoms with Gasteiger partial charge in [0, 0.05) is 12.2 Å². The van der Waals surface area contributed by atoms with E-state index in [0.717, 1.165) is 0 Å². The van der Waals surface area contributed by atoms with Crippen LogP contribution in [0.4, 0.5) is 16.2 Å². The lowest BCUT2D eigenvalue weighted by molar-refractivity contribution is -0.125.